The molecule has 0 bridgehead atoms. The van der Waals surface area contributed by atoms with Crippen molar-refractivity contribution in [2.24, 2.45) is 0 Å². The smallest absolute Gasteiger partial charge is 0.331 e. The number of sulfonamides is 1. The molecule has 0 fully saturated rings. The third-order valence-corrected chi connectivity index (χ3v) is 8.34. The number of nitrogens with zero attached hydrogens (tertiary/aromatic N) is 1. The first-order valence-electron chi connectivity index (χ1n) is 13.1. The Morgan fingerprint density at radius 1 is 0.976 bits per heavy atom. The van der Waals surface area contributed by atoms with E-state index in [0.29, 0.717) is 15.4 Å². The Balaban J connectivity index is 1.54. The second-order valence-electron chi connectivity index (χ2n) is 10.7. The lowest BCUT2D eigenvalue weighted by Crippen LogP contribution is -2.47. The van der Waals surface area contributed by atoms with Crippen LogP contribution in [-0.2, 0) is 34.9 Å². The minimum Gasteiger partial charge on any atom is -0.460 e. The van der Waals surface area contributed by atoms with E-state index in [1.165, 1.54) is 18.2 Å². The molecular weight excluding hydrogens is 562 g/mol. The van der Waals surface area contributed by atoms with Gasteiger partial charge in [-0.15, -0.1) is 0 Å². The van der Waals surface area contributed by atoms with Gasteiger partial charge in [-0.3, -0.25) is 9.59 Å². The molecule has 2 aliphatic heterocycles. The predicted octanol–water partition coefficient (Wildman–Crippen LogP) is 4.33. The first-order valence-corrected chi connectivity index (χ1v) is 14.6. The monoisotopic (exact) mass is 591 g/mol. The summed E-state index contributed by atoms with van der Waals surface area (Å²) in [6.45, 7) is 8.08. The molecule has 0 saturated heterocycles. The molecule has 0 aromatic heterocycles. The molecule has 11 heteroatoms. The van der Waals surface area contributed by atoms with Crippen molar-refractivity contribution >= 4 is 27.9 Å². The van der Waals surface area contributed by atoms with E-state index in [1.807, 2.05) is 60.7 Å². The fraction of sp³-hybridized carbons (Fsp3) is 0.258. The maximum absolute atomic E-state index is 13.8. The average Bonchev–Trinajstić information content (AvgIpc) is 3.42. The van der Waals surface area contributed by atoms with Crippen molar-refractivity contribution in [3.8, 4) is 11.5 Å². The van der Waals surface area contributed by atoms with Crippen LogP contribution in [0, 0.1) is 0 Å². The fourth-order valence-corrected chi connectivity index (χ4v) is 6.52. The van der Waals surface area contributed by atoms with Crippen LogP contribution in [0.1, 0.15) is 48.7 Å². The number of carbonyl (C=O) groups excluding carboxylic acids is 3. The van der Waals surface area contributed by atoms with Gasteiger partial charge in [0.25, 0.3) is 15.9 Å². The number of benzene rings is 3. The second-order valence-corrected chi connectivity index (χ2v) is 12.5. The normalized spacial score (nSPS) is 16.8. The molecule has 2 heterocycles. The van der Waals surface area contributed by atoms with Crippen molar-refractivity contribution in [1.29, 1.82) is 0 Å². The highest BCUT2D eigenvalue weighted by Crippen LogP contribution is 2.50. The van der Waals surface area contributed by atoms with Crippen LogP contribution in [0.5, 0.6) is 11.5 Å². The minimum absolute atomic E-state index is 0.0811. The van der Waals surface area contributed by atoms with Crippen molar-refractivity contribution in [1.82, 2.24) is 4.31 Å². The lowest BCUT2D eigenvalue weighted by Gasteiger charge is -2.28. The molecule has 2 aliphatic rings. The lowest BCUT2D eigenvalue weighted by molar-refractivity contribution is -0.160. The molecule has 0 N–H and O–H groups in total. The summed E-state index contributed by atoms with van der Waals surface area (Å²) in [7, 11) is -4.63. The van der Waals surface area contributed by atoms with Crippen LogP contribution in [0.2, 0.25) is 0 Å². The maximum atomic E-state index is 13.8. The van der Waals surface area contributed by atoms with E-state index >= 15 is 0 Å². The number of esters is 2. The molecule has 1 amide bonds. The Morgan fingerprint density at radius 3 is 2.05 bits per heavy atom. The van der Waals surface area contributed by atoms with Crippen LogP contribution in [0.25, 0.3) is 0 Å². The average molecular weight is 592 g/mol. The highest BCUT2D eigenvalue weighted by molar-refractivity contribution is 7.90. The van der Waals surface area contributed by atoms with E-state index in [0.717, 1.165) is 0 Å². The summed E-state index contributed by atoms with van der Waals surface area (Å²) < 4.78 is 51.1. The van der Waals surface area contributed by atoms with Crippen molar-refractivity contribution in [2.75, 3.05) is 6.61 Å². The summed E-state index contributed by atoms with van der Waals surface area (Å²) in [5, 5.41) is 0. The molecule has 0 spiro atoms. The lowest BCUT2D eigenvalue weighted by atomic mass is 9.97. The van der Waals surface area contributed by atoms with Gasteiger partial charge in [0.05, 0.1) is 12.0 Å². The Hall–Kier alpha value is -4.64. The molecule has 3 aromatic carbocycles. The van der Waals surface area contributed by atoms with Gasteiger partial charge in [0.2, 0.25) is 0 Å². The number of rotatable bonds is 8. The molecule has 0 aliphatic carbocycles. The van der Waals surface area contributed by atoms with Crippen LogP contribution in [0.3, 0.4) is 0 Å². The Morgan fingerprint density at radius 2 is 1.52 bits per heavy atom. The summed E-state index contributed by atoms with van der Waals surface area (Å²) in [6, 6.07) is 18.9. The quantitative estimate of drug-likeness (QED) is 0.278. The molecule has 3 aromatic rings. The van der Waals surface area contributed by atoms with Crippen molar-refractivity contribution in [2.45, 2.75) is 49.5 Å². The van der Waals surface area contributed by atoms with E-state index in [-0.39, 0.29) is 23.7 Å². The molecule has 0 radical (unpaired) electrons. The molecule has 218 valence electrons. The third-order valence-electron chi connectivity index (χ3n) is 6.51. The van der Waals surface area contributed by atoms with Gasteiger partial charge in [0.15, 0.2) is 17.5 Å². The number of hydrogen-bond donors (Lipinski definition) is 0. The zero-order valence-corrected chi connectivity index (χ0v) is 24.1. The van der Waals surface area contributed by atoms with Crippen LogP contribution in [-0.4, -0.2) is 48.8 Å². The highest BCUT2D eigenvalue weighted by Gasteiger charge is 2.52. The van der Waals surface area contributed by atoms with Gasteiger partial charge in [-0.25, -0.2) is 17.5 Å². The van der Waals surface area contributed by atoms with Crippen molar-refractivity contribution < 1.29 is 41.7 Å². The number of fused-ring (bicyclic) bond motifs is 2. The largest absolute Gasteiger partial charge is 0.460 e. The molecule has 0 unspecified atom stereocenters. The van der Waals surface area contributed by atoms with Gasteiger partial charge < -0.3 is 18.9 Å². The van der Waals surface area contributed by atoms with Gasteiger partial charge in [0.1, 0.15) is 17.1 Å². The van der Waals surface area contributed by atoms with Gasteiger partial charge in [0, 0.05) is 17.2 Å². The number of amides is 1. The molecule has 1 atom stereocenters. The zero-order chi connectivity index (χ0) is 30.3. The Kier molecular flexibility index (Phi) is 7.32. The van der Waals surface area contributed by atoms with Gasteiger partial charge >= 0.3 is 17.7 Å². The van der Waals surface area contributed by atoms with E-state index in [2.05, 4.69) is 6.58 Å². The molecule has 42 heavy (non-hydrogen) atoms. The van der Waals surface area contributed by atoms with Crippen LogP contribution in [0.4, 0.5) is 0 Å². The molecule has 0 saturated carbocycles. The summed E-state index contributed by atoms with van der Waals surface area (Å²) in [5.41, 5.74) is 0.139. The Bertz CT molecular complexity index is 1620. The van der Waals surface area contributed by atoms with Crippen LogP contribution in [0.15, 0.2) is 90.3 Å². The molecular formula is C31H29NO9S. The van der Waals surface area contributed by atoms with Crippen molar-refractivity contribution in [3.05, 3.63) is 102 Å². The highest BCUT2D eigenvalue weighted by atomic mass is 32.2. The van der Waals surface area contributed by atoms with Gasteiger partial charge in [-0.05, 0) is 26.8 Å². The third kappa shape index (κ3) is 5.11. The first kappa shape index (κ1) is 28.9. The van der Waals surface area contributed by atoms with Crippen LogP contribution >= 0.6 is 0 Å². The first-order chi connectivity index (χ1) is 19.9. The number of hydrogen-bond acceptors (Lipinski definition) is 9. The molecule has 5 rings (SSSR count). The number of carbonyl (C=O) groups is 3. The summed E-state index contributed by atoms with van der Waals surface area (Å²) in [6.07, 6.45) is 0.534. The summed E-state index contributed by atoms with van der Waals surface area (Å²) >= 11 is 0. The maximum Gasteiger partial charge on any atom is 0.331 e. The minimum atomic E-state index is -4.63. The standard InChI is InChI=1S/C31H29NO9S/c1-5-16-38-29(35)23(18-27(33)41-30(2,3)4)32-28(34)22-17-24-25(19-26(22)42(32,36)37)40-31(39-24,20-12-8-6-9-13-20)21-14-10-7-11-15-21/h5-15,17,19,23H,1,16,18H2,2-4H3/t23-/m0/s1. The van der Waals surface area contributed by atoms with Gasteiger partial charge in [-0.2, -0.15) is 0 Å². The van der Waals surface area contributed by atoms with E-state index in [1.54, 1.807) is 20.8 Å². The van der Waals surface area contributed by atoms with Crippen molar-refractivity contribution in [3.63, 3.8) is 0 Å². The zero-order valence-electron chi connectivity index (χ0n) is 23.2. The van der Waals surface area contributed by atoms with E-state index in [9.17, 15) is 22.8 Å². The molecule has 10 nitrogen and oxygen atoms in total. The van der Waals surface area contributed by atoms with E-state index < -0.39 is 56.6 Å². The Labute approximate surface area is 243 Å². The summed E-state index contributed by atoms with van der Waals surface area (Å²) in [5.74, 6) is -4.23. The topological polar surface area (TPSA) is 126 Å². The second kappa shape index (κ2) is 10.6. The van der Waals surface area contributed by atoms with Gasteiger partial charge in [-0.1, -0.05) is 73.3 Å². The number of ether oxygens (including phenoxy) is 4. The fourth-order valence-electron chi connectivity index (χ4n) is 4.81. The SMILES string of the molecule is C=CCOC(=O)[C@H](CC(=O)OC(C)(C)C)N1C(=O)c2cc3c(cc2S1(=O)=O)OC(c1ccccc1)(c1ccccc1)O3. The van der Waals surface area contributed by atoms with Crippen LogP contribution < -0.4 is 9.47 Å². The predicted molar refractivity (Wildman–Crippen MR) is 150 cm³/mol. The summed E-state index contributed by atoms with van der Waals surface area (Å²) in [4.78, 5) is 38.9. The van der Waals surface area contributed by atoms with E-state index in [4.69, 9.17) is 18.9 Å².